The minimum atomic E-state index is -3.55. The Labute approximate surface area is 192 Å². The van der Waals surface area contributed by atoms with E-state index >= 15 is 0 Å². The van der Waals surface area contributed by atoms with Crippen LogP contribution in [0, 0.1) is 5.82 Å². The number of rotatable bonds is 6. The molecule has 1 fully saturated rings. The molecule has 4 rings (SSSR count). The number of halogens is 1. The van der Waals surface area contributed by atoms with E-state index in [1.165, 1.54) is 23.5 Å². The van der Waals surface area contributed by atoms with Crippen LogP contribution in [0.4, 0.5) is 10.1 Å². The lowest BCUT2D eigenvalue weighted by atomic mass is 9.97. The number of hydrogen-bond acceptors (Lipinski definition) is 5. The van der Waals surface area contributed by atoms with Gasteiger partial charge in [-0.25, -0.2) is 12.8 Å². The number of hydrogen-bond donors (Lipinski definition) is 1. The molecule has 1 aliphatic heterocycles. The normalized spacial score (nSPS) is 18.1. The first kappa shape index (κ1) is 22.9. The summed E-state index contributed by atoms with van der Waals surface area (Å²) in [4.78, 5) is 2.21. The van der Waals surface area contributed by atoms with Crippen molar-refractivity contribution in [1.29, 1.82) is 0 Å². The number of benzene rings is 2. The lowest BCUT2D eigenvalue weighted by Crippen LogP contribution is -2.55. The van der Waals surface area contributed by atoms with E-state index in [0.29, 0.717) is 30.3 Å². The van der Waals surface area contributed by atoms with E-state index in [0.717, 1.165) is 16.8 Å². The molecule has 1 aromatic heterocycles. The molecule has 0 spiro atoms. The predicted octanol–water partition coefficient (Wildman–Crippen LogP) is 4.24. The molecule has 0 unspecified atom stereocenters. The smallest absolute Gasteiger partial charge is 0.252 e. The molecule has 8 heteroatoms. The highest BCUT2D eigenvalue weighted by Gasteiger charge is 2.35. The zero-order valence-electron chi connectivity index (χ0n) is 18.1. The zero-order valence-corrected chi connectivity index (χ0v) is 19.7. The first-order valence-electron chi connectivity index (χ1n) is 10.5. The first-order chi connectivity index (χ1) is 15.1. The van der Waals surface area contributed by atoms with Gasteiger partial charge in [0.15, 0.2) is 0 Å². The van der Waals surface area contributed by atoms with Crippen LogP contribution < -0.4 is 4.90 Å². The Bertz CT molecular complexity index is 1140. The van der Waals surface area contributed by atoms with Crippen LogP contribution in [-0.2, 0) is 22.0 Å². The minimum Gasteiger partial charge on any atom is -0.386 e. The van der Waals surface area contributed by atoms with Crippen LogP contribution in [0.15, 0.2) is 70.3 Å². The summed E-state index contributed by atoms with van der Waals surface area (Å²) >= 11 is 1.22. The summed E-state index contributed by atoms with van der Waals surface area (Å²) in [7, 11) is -3.55. The van der Waals surface area contributed by atoms with Gasteiger partial charge in [0.25, 0.3) is 10.0 Å². The maximum atomic E-state index is 13.4. The Hall–Kier alpha value is -2.26. The van der Waals surface area contributed by atoms with Crippen molar-refractivity contribution in [1.82, 2.24) is 4.31 Å². The summed E-state index contributed by atoms with van der Waals surface area (Å²) in [5.41, 5.74) is 1.80. The Morgan fingerprint density at radius 3 is 2.34 bits per heavy atom. The lowest BCUT2D eigenvalue weighted by molar-refractivity contribution is 0.0786. The molecule has 2 aromatic carbocycles. The zero-order chi connectivity index (χ0) is 22.9. The quantitative estimate of drug-likeness (QED) is 0.581. The van der Waals surface area contributed by atoms with Crippen molar-refractivity contribution in [2.24, 2.45) is 0 Å². The molecule has 0 amide bonds. The predicted molar refractivity (Wildman–Crippen MR) is 126 cm³/mol. The molecule has 5 nitrogen and oxygen atoms in total. The fraction of sp³-hybridized carbons (Fsp3) is 0.333. The van der Waals surface area contributed by atoms with E-state index in [1.807, 2.05) is 24.3 Å². The third-order valence-electron chi connectivity index (χ3n) is 5.82. The Kier molecular flexibility index (Phi) is 6.40. The highest BCUT2D eigenvalue weighted by atomic mass is 32.2. The van der Waals surface area contributed by atoms with Crippen molar-refractivity contribution in [2.45, 2.75) is 36.1 Å². The van der Waals surface area contributed by atoms with Crippen LogP contribution in [0.5, 0.6) is 0 Å². The van der Waals surface area contributed by atoms with Crippen LogP contribution in [-0.4, -0.2) is 43.5 Å². The van der Waals surface area contributed by atoms with Crippen LogP contribution in [0.1, 0.15) is 25.0 Å². The van der Waals surface area contributed by atoms with Crippen molar-refractivity contribution in [3.8, 4) is 0 Å². The molecular weight excluding hydrogens is 447 g/mol. The van der Waals surface area contributed by atoms with Gasteiger partial charge in [0, 0.05) is 31.4 Å². The number of aliphatic hydroxyl groups is 1. The monoisotopic (exact) mass is 474 g/mol. The fourth-order valence-corrected chi connectivity index (χ4v) is 6.66. The van der Waals surface area contributed by atoms with E-state index in [-0.39, 0.29) is 11.9 Å². The van der Waals surface area contributed by atoms with Gasteiger partial charge in [0.2, 0.25) is 0 Å². The average molecular weight is 475 g/mol. The third-order valence-corrected chi connectivity index (χ3v) is 9.06. The van der Waals surface area contributed by atoms with Gasteiger partial charge < -0.3 is 10.0 Å². The SMILES string of the molecule is CC(C)(O)c1ccc(N2CCN(S(=O)(=O)c3cccs3)C[C@H]2Cc2ccc(F)cc2)cc1. The summed E-state index contributed by atoms with van der Waals surface area (Å²) in [6.45, 7) is 4.75. The van der Waals surface area contributed by atoms with E-state index in [2.05, 4.69) is 4.90 Å². The highest BCUT2D eigenvalue weighted by Crippen LogP contribution is 2.29. The molecule has 170 valence electrons. The van der Waals surface area contributed by atoms with E-state index in [9.17, 15) is 17.9 Å². The second kappa shape index (κ2) is 8.94. The molecule has 0 saturated carbocycles. The van der Waals surface area contributed by atoms with Crippen LogP contribution >= 0.6 is 11.3 Å². The van der Waals surface area contributed by atoms with Crippen LogP contribution in [0.3, 0.4) is 0 Å². The number of nitrogens with zero attached hydrogens (tertiary/aromatic N) is 2. The minimum absolute atomic E-state index is 0.114. The number of thiophene rings is 1. The van der Waals surface area contributed by atoms with Gasteiger partial charge in [0.05, 0.1) is 5.60 Å². The third kappa shape index (κ3) is 4.88. The maximum absolute atomic E-state index is 13.4. The van der Waals surface area contributed by atoms with Gasteiger partial charge in [-0.05, 0) is 67.1 Å². The highest BCUT2D eigenvalue weighted by molar-refractivity contribution is 7.91. The van der Waals surface area contributed by atoms with Crippen LogP contribution in [0.25, 0.3) is 0 Å². The summed E-state index contributed by atoms with van der Waals surface area (Å²) in [6, 6.07) is 17.4. The van der Waals surface area contributed by atoms with Crippen molar-refractivity contribution < 1.29 is 17.9 Å². The van der Waals surface area contributed by atoms with Gasteiger partial charge in [-0.15, -0.1) is 11.3 Å². The Morgan fingerprint density at radius 1 is 1.06 bits per heavy atom. The van der Waals surface area contributed by atoms with Crippen LogP contribution in [0.2, 0.25) is 0 Å². The van der Waals surface area contributed by atoms with Crippen molar-refractivity contribution in [2.75, 3.05) is 24.5 Å². The van der Waals surface area contributed by atoms with Crippen molar-refractivity contribution >= 4 is 27.0 Å². The second-order valence-corrected chi connectivity index (χ2v) is 11.7. The summed E-state index contributed by atoms with van der Waals surface area (Å²) in [6.07, 6.45) is 0.587. The molecule has 32 heavy (non-hydrogen) atoms. The number of anilines is 1. The number of sulfonamides is 1. The molecular formula is C24H27FN2O3S2. The van der Waals surface area contributed by atoms with Gasteiger partial charge in [-0.2, -0.15) is 4.31 Å². The Balaban J connectivity index is 1.62. The standard InChI is InChI=1S/C24H27FN2O3S2/c1-24(2,28)19-7-11-21(12-8-19)27-14-13-26(32(29,30)23-4-3-15-31-23)17-22(27)16-18-5-9-20(25)10-6-18/h3-12,15,22,28H,13-14,16-17H2,1-2H3/t22-/m1/s1. The van der Waals surface area contributed by atoms with Gasteiger partial charge in [-0.1, -0.05) is 30.3 Å². The molecule has 3 aromatic rings. The average Bonchev–Trinajstić information content (AvgIpc) is 3.31. The van der Waals surface area contributed by atoms with Gasteiger partial charge >= 0.3 is 0 Å². The molecule has 0 radical (unpaired) electrons. The van der Waals surface area contributed by atoms with E-state index < -0.39 is 15.6 Å². The molecule has 1 saturated heterocycles. The summed E-state index contributed by atoms with van der Waals surface area (Å²) in [5.74, 6) is -0.293. The number of piperazine rings is 1. The molecule has 0 bridgehead atoms. The summed E-state index contributed by atoms with van der Waals surface area (Å²) in [5, 5.41) is 12.0. The molecule has 1 aliphatic rings. The van der Waals surface area contributed by atoms with E-state index in [1.54, 1.807) is 47.8 Å². The van der Waals surface area contributed by atoms with Gasteiger partial charge in [0.1, 0.15) is 10.0 Å². The van der Waals surface area contributed by atoms with E-state index in [4.69, 9.17) is 0 Å². The van der Waals surface area contributed by atoms with Gasteiger partial charge in [-0.3, -0.25) is 0 Å². The molecule has 2 heterocycles. The van der Waals surface area contributed by atoms with Crippen molar-refractivity contribution in [3.63, 3.8) is 0 Å². The molecule has 0 aliphatic carbocycles. The summed E-state index contributed by atoms with van der Waals surface area (Å²) < 4.78 is 41.6. The Morgan fingerprint density at radius 2 is 1.75 bits per heavy atom. The molecule has 1 atom stereocenters. The topological polar surface area (TPSA) is 60.9 Å². The second-order valence-electron chi connectivity index (χ2n) is 8.58. The maximum Gasteiger partial charge on any atom is 0.252 e. The largest absolute Gasteiger partial charge is 0.386 e. The first-order valence-corrected chi connectivity index (χ1v) is 12.8. The molecule has 1 N–H and O–H groups in total. The lowest BCUT2D eigenvalue weighted by Gasteiger charge is -2.42. The fourth-order valence-electron chi connectivity index (χ4n) is 4.05. The van der Waals surface area contributed by atoms with Crippen molar-refractivity contribution in [3.05, 3.63) is 83.0 Å².